The van der Waals surface area contributed by atoms with Gasteiger partial charge in [-0.1, -0.05) is 13.3 Å². The minimum Gasteiger partial charge on any atom is -0.375 e. The van der Waals surface area contributed by atoms with E-state index in [-0.39, 0.29) is 18.4 Å². The van der Waals surface area contributed by atoms with E-state index in [1.165, 1.54) is 0 Å². The van der Waals surface area contributed by atoms with Gasteiger partial charge in [-0.25, -0.2) is 8.78 Å². The highest BCUT2D eigenvalue weighted by atomic mass is 19.3. The van der Waals surface area contributed by atoms with Crippen molar-refractivity contribution in [3.63, 3.8) is 0 Å². The Bertz CT molecular complexity index is 162. The first-order valence-corrected chi connectivity index (χ1v) is 5.55. The van der Waals surface area contributed by atoms with Crippen molar-refractivity contribution >= 4 is 0 Å². The number of rotatable bonds is 4. The van der Waals surface area contributed by atoms with Gasteiger partial charge >= 0.3 is 0 Å². The van der Waals surface area contributed by atoms with E-state index in [0.29, 0.717) is 19.4 Å². The van der Waals surface area contributed by atoms with Crippen LogP contribution in [0.25, 0.3) is 0 Å². The van der Waals surface area contributed by atoms with Crippen LogP contribution in [0.4, 0.5) is 8.78 Å². The molecule has 0 bridgehead atoms. The molecule has 0 radical (unpaired) electrons. The molecule has 0 N–H and O–H groups in total. The Hall–Kier alpha value is -0.180. The number of hydrogen-bond donors (Lipinski definition) is 0. The highest BCUT2D eigenvalue weighted by Gasteiger charge is 2.43. The molecule has 3 heteroatoms. The van der Waals surface area contributed by atoms with Crippen molar-refractivity contribution in [2.45, 2.75) is 63.9 Å². The molecule has 0 unspecified atom stereocenters. The molecule has 1 rings (SSSR count). The van der Waals surface area contributed by atoms with E-state index in [2.05, 4.69) is 6.92 Å². The second-order valence-corrected chi connectivity index (χ2v) is 4.22. The predicted octanol–water partition coefficient (Wildman–Crippen LogP) is 3.77. The second kappa shape index (κ2) is 4.56. The Balaban J connectivity index is 2.54. The van der Waals surface area contributed by atoms with E-state index in [1.807, 2.05) is 6.92 Å². The molecule has 1 saturated carbocycles. The maximum Gasteiger partial charge on any atom is 0.248 e. The average molecular weight is 206 g/mol. The quantitative estimate of drug-likeness (QED) is 0.680. The van der Waals surface area contributed by atoms with Gasteiger partial charge in [-0.2, -0.15) is 0 Å². The molecule has 0 saturated heterocycles. The smallest absolute Gasteiger partial charge is 0.248 e. The molecule has 0 amide bonds. The third-order valence-corrected chi connectivity index (χ3v) is 3.05. The van der Waals surface area contributed by atoms with Gasteiger partial charge in [0.2, 0.25) is 5.92 Å². The lowest BCUT2D eigenvalue weighted by Crippen LogP contribution is -2.40. The van der Waals surface area contributed by atoms with E-state index in [0.717, 1.165) is 12.8 Å². The molecule has 14 heavy (non-hydrogen) atoms. The van der Waals surface area contributed by atoms with Crippen molar-refractivity contribution in [1.29, 1.82) is 0 Å². The number of ether oxygens (including phenoxy) is 1. The van der Waals surface area contributed by atoms with Crippen LogP contribution in [-0.4, -0.2) is 18.1 Å². The Morgan fingerprint density at radius 2 is 1.64 bits per heavy atom. The molecule has 1 aliphatic rings. The molecule has 0 aromatic rings. The molecule has 1 aliphatic carbocycles. The van der Waals surface area contributed by atoms with Crippen LogP contribution < -0.4 is 0 Å². The van der Waals surface area contributed by atoms with E-state index in [4.69, 9.17) is 4.74 Å². The van der Waals surface area contributed by atoms with E-state index < -0.39 is 5.92 Å². The zero-order chi connectivity index (χ0) is 10.7. The maximum absolute atomic E-state index is 13.0. The van der Waals surface area contributed by atoms with Gasteiger partial charge in [0, 0.05) is 19.4 Å². The summed E-state index contributed by atoms with van der Waals surface area (Å²) in [6.07, 6.45) is 2.94. The fourth-order valence-corrected chi connectivity index (χ4v) is 2.30. The van der Waals surface area contributed by atoms with Crippen LogP contribution in [0.15, 0.2) is 0 Å². The molecular formula is C11H20F2O. The van der Waals surface area contributed by atoms with Crippen molar-refractivity contribution in [3.8, 4) is 0 Å². The van der Waals surface area contributed by atoms with Gasteiger partial charge in [0.05, 0.1) is 5.60 Å². The van der Waals surface area contributed by atoms with Crippen molar-refractivity contribution in [2.75, 3.05) is 6.61 Å². The van der Waals surface area contributed by atoms with Crippen LogP contribution in [0, 0.1) is 0 Å². The lowest BCUT2D eigenvalue weighted by Gasteiger charge is -2.39. The van der Waals surface area contributed by atoms with Gasteiger partial charge < -0.3 is 4.74 Å². The Labute approximate surface area is 84.8 Å². The summed E-state index contributed by atoms with van der Waals surface area (Å²) in [6.45, 7) is 4.64. The van der Waals surface area contributed by atoms with Crippen LogP contribution >= 0.6 is 0 Å². The molecule has 0 heterocycles. The zero-order valence-electron chi connectivity index (χ0n) is 9.11. The number of alkyl halides is 2. The van der Waals surface area contributed by atoms with Crippen LogP contribution in [0.3, 0.4) is 0 Å². The monoisotopic (exact) mass is 206 g/mol. The molecule has 0 aromatic heterocycles. The summed E-state index contributed by atoms with van der Waals surface area (Å²) in [4.78, 5) is 0. The van der Waals surface area contributed by atoms with Crippen molar-refractivity contribution in [3.05, 3.63) is 0 Å². The van der Waals surface area contributed by atoms with Gasteiger partial charge in [0.1, 0.15) is 0 Å². The maximum atomic E-state index is 13.0. The molecule has 0 spiro atoms. The molecule has 0 aromatic carbocycles. The molecule has 0 atom stereocenters. The fraction of sp³-hybridized carbons (Fsp3) is 1.00. The Morgan fingerprint density at radius 1 is 1.07 bits per heavy atom. The van der Waals surface area contributed by atoms with Gasteiger partial charge in [0.15, 0.2) is 0 Å². The van der Waals surface area contributed by atoms with Crippen LogP contribution in [0.1, 0.15) is 52.4 Å². The molecule has 1 fully saturated rings. The standard InChI is InChI=1S/C11H20F2O/c1-3-5-10(14-4-2)6-8-11(12,13)9-7-10/h3-9H2,1-2H3. The zero-order valence-corrected chi connectivity index (χ0v) is 9.11. The Kier molecular flexibility index (Phi) is 3.87. The van der Waals surface area contributed by atoms with Gasteiger partial charge in [-0.15, -0.1) is 0 Å². The van der Waals surface area contributed by atoms with Crippen molar-refractivity contribution in [2.24, 2.45) is 0 Å². The SMILES string of the molecule is CCCC1(OCC)CCC(F)(F)CC1. The summed E-state index contributed by atoms with van der Waals surface area (Å²) in [6, 6.07) is 0. The van der Waals surface area contributed by atoms with Crippen LogP contribution in [-0.2, 0) is 4.74 Å². The normalized spacial score (nSPS) is 24.9. The highest BCUT2D eigenvalue weighted by Crippen LogP contribution is 2.42. The van der Waals surface area contributed by atoms with Gasteiger partial charge in [-0.05, 0) is 26.2 Å². The van der Waals surface area contributed by atoms with Gasteiger partial charge in [0.25, 0.3) is 0 Å². The lowest BCUT2D eigenvalue weighted by molar-refractivity contribution is -0.133. The summed E-state index contributed by atoms with van der Waals surface area (Å²) in [5.74, 6) is -2.45. The number of halogens is 2. The average Bonchev–Trinajstić information content (AvgIpc) is 2.12. The first-order chi connectivity index (χ1) is 6.54. The Morgan fingerprint density at radius 3 is 2.07 bits per heavy atom. The van der Waals surface area contributed by atoms with E-state index in [9.17, 15) is 8.78 Å². The van der Waals surface area contributed by atoms with Crippen LogP contribution in [0.2, 0.25) is 0 Å². The third-order valence-electron chi connectivity index (χ3n) is 3.05. The first kappa shape index (κ1) is 11.9. The van der Waals surface area contributed by atoms with E-state index >= 15 is 0 Å². The highest BCUT2D eigenvalue weighted by molar-refractivity contribution is 4.90. The predicted molar refractivity (Wildman–Crippen MR) is 52.7 cm³/mol. The topological polar surface area (TPSA) is 9.23 Å². The van der Waals surface area contributed by atoms with E-state index in [1.54, 1.807) is 0 Å². The van der Waals surface area contributed by atoms with Gasteiger partial charge in [-0.3, -0.25) is 0 Å². The largest absolute Gasteiger partial charge is 0.375 e. The molecule has 84 valence electrons. The summed E-state index contributed by atoms with van der Waals surface area (Å²) < 4.78 is 31.6. The minimum atomic E-state index is -2.45. The summed E-state index contributed by atoms with van der Waals surface area (Å²) in [7, 11) is 0. The number of hydrogen-bond acceptors (Lipinski definition) is 1. The lowest BCUT2D eigenvalue weighted by atomic mass is 9.80. The minimum absolute atomic E-state index is 0.00694. The van der Waals surface area contributed by atoms with Crippen molar-refractivity contribution < 1.29 is 13.5 Å². The third kappa shape index (κ3) is 2.91. The molecular weight excluding hydrogens is 186 g/mol. The summed E-state index contributed by atoms with van der Waals surface area (Å²) >= 11 is 0. The van der Waals surface area contributed by atoms with Crippen molar-refractivity contribution in [1.82, 2.24) is 0 Å². The summed E-state index contributed by atoms with van der Waals surface area (Å²) in [5, 5.41) is 0. The first-order valence-electron chi connectivity index (χ1n) is 5.55. The second-order valence-electron chi connectivity index (χ2n) is 4.22. The fourth-order valence-electron chi connectivity index (χ4n) is 2.30. The summed E-state index contributed by atoms with van der Waals surface area (Å²) in [5.41, 5.74) is -0.245. The molecule has 0 aliphatic heterocycles. The molecule has 1 nitrogen and oxygen atoms in total. The van der Waals surface area contributed by atoms with Crippen LogP contribution in [0.5, 0.6) is 0 Å².